The zero-order valence-electron chi connectivity index (χ0n) is 15.9. The largest absolute Gasteiger partial charge is 0.493 e. The van der Waals surface area contributed by atoms with Crippen LogP contribution in [0.2, 0.25) is 0 Å². The number of urea groups is 1. The van der Waals surface area contributed by atoms with Crippen LogP contribution in [0.5, 0.6) is 11.5 Å². The fourth-order valence-electron chi connectivity index (χ4n) is 2.34. The molecule has 1 rings (SSSR count). The Morgan fingerprint density at radius 2 is 1.76 bits per heavy atom. The van der Waals surface area contributed by atoms with Crippen molar-refractivity contribution >= 4 is 11.9 Å². The highest BCUT2D eigenvalue weighted by Crippen LogP contribution is 2.27. The lowest BCUT2D eigenvalue weighted by atomic mass is 10.1. The third-order valence-corrected chi connectivity index (χ3v) is 4.04. The van der Waals surface area contributed by atoms with Gasteiger partial charge in [-0.3, -0.25) is 10.1 Å². The molecular formula is C18H30N3O4+. The van der Waals surface area contributed by atoms with Gasteiger partial charge in [0.1, 0.15) is 0 Å². The number of carbonyl (C=O) groups is 2. The molecule has 7 nitrogen and oxygen atoms in total. The first-order valence-electron chi connectivity index (χ1n) is 8.43. The van der Waals surface area contributed by atoms with Gasteiger partial charge in [-0.15, -0.1) is 0 Å². The minimum atomic E-state index is -0.459. The number of benzene rings is 1. The number of likely N-dealkylation sites (N-methyl/N-ethyl adjacent to an activating group) is 1. The number of nitrogens with one attached hydrogen (secondary N) is 3. The second-order valence-electron chi connectivity index (χ2n) is 6.37. The number of methoxy groups -OCH3 is 2. The predicted octanol–water partition coefficient (Wildman–Crippen LogP) is 0.384. The molecule has 3 amide bonds. The molecule has 0 fully saturated rings. The lowest BCUT2D eigenvalue weighted by Gasteiger charge is -2.21. The number of amides is 3. The Hall–Kier alpha value is -2.28. The monoisotopic (exact) mass is 352 g/mol. The minimum absolute atomic E-state index is 0.0155. The fraction of sp³-hybridized carbons (Fsp3) is 0.556. The Balaban J connectivity index is 2.56. The lowest BCUT2D eigenvalue weighted by Crippen LogP contribution is -3.14. The van der Waals surface area contributed by atoms with E-state index in [0.29, 0.717) is 11.5 Å². The van der Waals surface area contributed by atoms with Crippen molar-refractivity contribution in [2.45, 2.75) is 39.3 Å². The molecule has 25 heavy (non-hydrogen) atoms. The first kappa shape index (κ1) is 20.8. The van der Waals surface area contributed by atoms with Gasteiger partial charge in [-0.25, -0.2) is 4.79 Å². The zero-order chi connectivity index (χ0) is 19.0. The molecule has 1 aromatic carbocycles. The summed E-state index contributed by atoms with van der Waals surface area (Å²) in [5.41, 5.74) is 1.10. The summed E-state index contributed by atoms with van der Waals surface area (Å²) in [6, 6.07) is 4.98. The van der Waals surface area contributed by atoms with Crippen molar-refractivity contribution in [3.63, 3.8) is 0 Å². The summed E-state index contributed by atoms with van der Waals surface area (Å²) in [5, 5.41) is 5.02. The van der Waals surface area contributed by atoms with Crippen LogP contribution in [-0.2, 0) is 11.2 Å². The van der Waals surface area contributed by atoms with Gasteiger partial charge in [-0.2, -0.15) is 0 Å². The Morgan fingerprint density at radius 1 is 1.12 bits per heavy atom. The predicted molar refractivity (Wildman–Crippen MR) is 96.3 cm³/mol. The first-order chi connectivity index (χ1) is 11.8. The van der Waals surface area contributed by atoms with E-state index in [-0.39, 0.29) is 18.0 Å². The fourth-order valence-corrected chi connectivity index (χ4v) is 2.34. The summed E-state index contributed by atoms with van der Waals surface area (Å²) in [5.74, 6) is 1.09. The maximum absolute atomic E-state index is 12.1. The SMILES string of the molecule is COc1ccc(CC[NH+](C)[C@@H](C)C(=O)NC(=O)NC(C)C)cc1OC. The average molecular weight is 352 g/mol. The van der Waals surface area contributed by atoms with Crippen LogP contribution in [0.4, 0.5) is 4.79 Å². The van der Waals surface area contributed by atoms with Crippen LogP contribution >= 0.6 is 0 Å². The zero-order valence-corrected chi connectivity index (χ0v) is 15.9. The summed E-state index contributed by atoms with van der Waals surface area (Å²) in [7, 11) is 5.14. The van der Waals surface area contributed by atoms with Gasteiger partial charge < -0.3 is 19.7 Å². The molecule has 0 heterocycles. The van der Waals surface area contributed by atoms with Crippen molar-refractivity contribution in [3.8, 4) is 11.5 Å². The highest BCUT2D eigenvalue weighted by Gasteiger charge is 2.23. The van der Waals surface area contributed by atoms with Crippen LogP contribution in [-0.4, -0.2) is 51.8 Å². The van der Waals surface area contributed by atoms with Crippen molar-refractivity contribution in [2.75, 3.05) is 27.8 Å². The maximum atomic E-state index is 12.1. The van der Waals surface area contributed by atoms with E-state index in [1.807, 2.05) is 46.0 Å². The topological polar surface area (TPSA) is 81.1 Å². The highest BCUT2D eigenvalue weighted by atomic mass is 16.5. The number of quaternary nitrogens is 1. The number of carbonyl (C=O) groups excluding carboxylic acids is 2. The molecule has 0 aliphatic rings. The van der Waals surface area contributed by atoms with Crippen LogP contribution in [0.15, 0.2) is 18.2 Å². The molecule has 0 saturated heterocycles. The quantitative estimate of drug-likeness (QED) is 0.632. The third kappa shape index (κ3) is 6.62. The van der Waals surface area contributed by atoms with E-state index in [2.05, 4.69) is 10.6 Å². The van der Waals surface area contributed by atoms with Gasteiger partial charge in [-0.05, 0) is 38.5 Å². The third-order valence-electron chi connectivity index (χ3n) is 4.04. The van der Waals surface area contributed by atoms with E-state index in [1.54, 1.807) is 14.2 Å². The molecule has 3 N–H and O–H groups in total. The van der Waals surface area contributed by atoms with Gasteiger partial charge in [0, 0.05) is 12.5 Å². The van der Waals surface area contributed by atoms with E-state index in [4.69, 9.17) is 9.47 Å². The molecule has 2 atom stereocenters. The average Bonchev–Trinajstić information content (AvgIpc) is 2.57. The lowest BCUT2D eigenvalue weighted by molar-refractivity contribution is -0.894. The van der Waals surface area contributed by atoms with Crippen LogP contribution in [0, 0.1) is 0 Å². The molecule has 0 aromatic heterocycles. The van der Waals surface area contributed by atoms with Crippen molar-refractivity contribution < 1.29 is 24.0 Å². The van der Waals surface area contributed by atoms with Crippen LogP contribution in [0.3, 0.4) is 0 Å². The first-order valence-corrected chi connectivity index (χ1v) is 8.43. The molecule has 140 valence electrons. The molecular weight excluding hydrogens is 322 g/mol. The van der Waals surface area contributed by atoms with Crippen molar-refractivity contribution in [1.29, 1.82) is 0 Å². The highest BCUT2D eigenvalue weighted by molar-refractivity contribution is 5.96. The molecule has 0 aliphatic carbocycles. The Labute approximate surface area is 149 Å². The maximum Gasteiger partial charge on any atom is 0.321 e. The van der Waals surface area contributed by atoms with Gasteiger partial charge in [0.15, 0.2) is 17.5 Å². The number of imide groups is 1. The van der Waals surface area contributed by atoms with Crippen molar-refractivity contribution in [1.82, 2.24) is 10.6 Å². The smallest absolute Gasteiger partial charge is 0.321 e. The van der Waals surface area contributed by atoms with E-state index in [0.717, 1.165) is 23.4 Å². The molecule has 0 aliphatic heterocycles. The molecule has 0 spiro atoms. The van der Waals surface area contributed by atoms with Crippen LogP contribution < -0.4 is 25.0 Å². The summed E-state index contributed by atoms with van der Waals surface area (Å²) < 4.78 is 10.5. The summed E-state index contributed by atoms with van der Waals surface area (Å²) in [4.78, 5) is 24.8. The van der Waals surface area contributed by atoms with Gasteiger partial charge >= 0.3 is 6.03 Å². The second-order valence-corrected chi connectivity index (χ2v) is 6.37. The standard InChI is InChI=1S/C18H29N3O4/c1-12(2)19-18(23)20-17(22)13(3)21(4)10-9-14-7-8-15(24-5)16(11-14)25-6/h7-8,11-13H,9-10H2,1-6H3,(H2,19,20,22,23)/p+1/t13-/m0/s1. The number of rotatable bonds is 8. The van der Waals surface area contributed by atoms with E-state index in [9.17, 15) is 9.59 Å². The molecule has 0 bridgehead atoms. The Bertz CT molecular complexity index is 590. The Kier molecular flexibility index (Phi) is 8.21. The molecule has 0 radical (unpaired) electrons. The number of hydrogen-bond acceptors (Lipinski definition) is 4. The Morgan fingerprint density at radius 3 is 2.32 bits per heavy atom. The normalized spacial score (nSPS) is 13.1. The van der Waals surface area contributed by atoms with Crippen LogP contribution in [0.1, 0.15) is 26.3 Å². The molecule has 0 saturated carbocycles. The van der Waals surface area contributed by atoms with E-state index < -0.39 is 6.03 Å². The van der Waals surface area contributed by atoms with Gasteiger partial charge in [0.25, 0.3) is 5.91 Å². The van der Waals surface area contributed by atoms with Crippen molar-refractivity contribution in [2.24, 2.45) is 0 Å². The second kappa shape index (κ2) is 9.88. The van der Waals surface area contributed by atoms with Gasteiger partial charge in [0.2, 0.25) is 0 Å². The van der Waals surface area contributed by atoms with Crippen molar-refractivity contribution in [3.05, 3.63) is 23.8 Å². The summed E-state index contributed by atoms with van der Waals surface area (Å²) >= 11 is 0. The molecule has 1 unspecified atom stereocenters. The number of hydrogen-bond donors (Lipinski definition) is 3. The van der Waals surface area contributed by atoms with Gasteiger partial charge in [-0.1, -0.05) is 6.07 Å². The van der Waals surface area contributed by atoms with Crippen LogP contribution in [0.25, 0.3) is 0 Å². The minimum Gasteiger partial charge on any atom is -0.493 e. The molecule has 7 heteroatoms. The van der Waals surface area contributed by atoms with E-state index in [1.165, 1.54) is 0 Å². The summed E-state index contributed by atoms with van der Waals surface area (Å²) in [6.07, 6.45) is 0.780. The summed E-state index contributed by atoms with van der Waals surface area (Å²) in [6.45, 7) is 6.24. The number of ether oxygens (including phenoxy) is 2. The van der Waals surface area contributed by atoms with E-state index >= 15 is 0 Å². The van der Waals surface area contributed by atoms with Gasteiger partial charge in [0.05, 0.1) is 27.8 Å². The molecule has 1 aromatic rings.